The fourth-order valence-electron chi connectivity index (χ4n) is 2.04. The van der Waals surface area contributed by atoms with Crippen LogP contribution in [-0.2, 0) is 0 Å². The Morgan fingerprint density at radius 2 is 1.83 bits per heavy atom. The van der Waals surface area contributed by atoms with Crippen molar-refractivity contribution < 1.29 is 9.53 Å². The number of nitrogens with zero attached hydrogens (tertiary/aromatic N) is 1. The predicted molar refractivity (Wildman–Crippen MR) is 92.8 cm³/mol. The number of ether oxygens (including phenoxy) is 1. The summed E-state index contributed by atoms with van der Waals surface area (Å²) >= 11 is 1.25. The van der Waals surface area contributed by atoms with Gasteiger partial charge in [0.1, 0.15) is 5.75 Å². The van der Waals surface area contributed by atoms with E-state index in [0.717, 1.165) is 17.1 Å². The molecule has 0 bridgehead atoms. The lowest BCUT2D eigenvalue weighted by atomic mass is 10.2. The summed E-state index contributed by atoms with van der Waals surface area (Å²) < 4.78 is 9.09. The van der Waals surface area contributed by atoms with Crippen LogP contribution in [0.15, 0.2) is 60.1 Å². The molecule has 0 aliphatic heterocycles. The van der Waals surface area contributed by atoms with Crippen LogP contribution < -0.4 is 15.4 Å². The zero-order valence-corrected chi connectivity index (χ0v) is 13.3. The summed E-state index contributed by atoms with van der Waals surface area (Å²) in [5.41, 5.74) is 2.98. The third-order valence-electron chi connectivity index (χ3n) is 3.24. The standard InChI is InChI=1S/C17H15N3O2S/c1-22-14-8-6-13(7-9-14)19-15-4-2-3-5-16(15)20-17(21)12-10-18-23-11-12/h2-11,19H,1H3,(H,20,21). The maximum Gasteiger partial charge on any atom is 0.258 e. The Morgan fingerprint density at radius 3 is 2.48 bits per heavy atom. The van der Waals surface area contributed by atoms with Crippen molar-refractivity contribution >= 4 is 34.5 Å². The second kappa shape index (κ2) is 6.93. The molecule has 116 valence electrons. The van der Waals surface area contributed by atoms with Crippen molar-refractivity contribution in [2.45, 2.75) is 0 Å². The minimum atomic E-state index is -0.178. The zero-order chi connectivity index (χ0) is 16.1. The molecule has 3 aromatic rings. The molecule has 5 nitrogen and oxygen atoms in total. The summed E-state index contributed by atoms with van der Waals surface area (Å²) in [6.07, 6.45) is 1.56. The van der Waals surface area contributed by atoms with Crippen LogP contribution in [0.2, 0.25) is 0 Å². The van der Waals surface area contributed by atoms with Crippen LogP contribution in [0.4, 0.5) is 17.1 Å². The molecule has 3 rings (SSSR count). The highest BCUT2D eigenvalue weighted by Gasteiger charge is 2.10. The number of anilines is 3. The van der Waals surface area contributed by atoms with E-state index in [1.54, 1.807) is 18.7 Å². The molecule has 0 aliphatic carbocycles. The normalized spacial score (nSPS) is 10.1. The number of carbonyl (C=O) groups is 1. The number of rotatable bonds is 5. The molecule has 0 radical (unpaired) electrons. The van der Waals surface area contributed by atoms with Gasteiger partial charge >= 0.3 is 0 Å². The van der Waals surface area contributed by atoms with Crippen LogP contribution in [0.5, 0.6) is 5.75 Å². The Labute approximate surface area is 138 Å². The molecule has 6 heteroatoms. The quantitative estimate of drug-likeness (QED) is 0.740. The van der Waals surface area contributed by atoms with Gasteiger partial charge in [0.25, 0.3) is 5.91 Å². The van der Waals surface area contributed by atoms with Crippen LogP contribution in [0.3, 0.4) is 0 Å². The Kier molecular flexibility index (Phi) is 4.54. The monoisotopic (exact) mass is 325 g/mol. The SMILES string of the molecule is COc1ccc(Nc2ccccc2NC(=O)c2cnsc2)cc1. The number of aromatic nitrogens is 1. The van der Waals surface area contributed by atoms with E-state index in [9.17, 15) is 4.79 Å². The maximum absolute atomic E-state index is 12.2. The van der Waals surface area contributed by atoms with Crippen LogP contribution in [0.25, 0.3) is 0 Å². The van der Waals surface area contributed by atoms with E-state index in [2.05, 4.69) is 15.0 Å². The van der Waals surface area contributed by atoms with Gasteiger partial charge in [0.05, 0.1) is 30.2 Å². The first-order valence-corrected chi connectivity index (χ1v) is 7.81. The van der Waals surface area contributed by atoms with Gasteiger partial charge in [0.2, 0.25) is 0 Å². The second-order valence-electron chi connectivity index (χ2n) is 4.77. The third kappa shape index (κ3) is 3.67. The number of amides is 1. The van der Waals surface area contributed by atoms with Gasteiger partial charge in [0, 0.05) is 11.1 Å². The molecule has 1 aromatic heterocycles. The minimum absolute atomic E-state index is 0.178. The number of hydrogen-bond acceptors (Lipinski definition) is 5. The third-order valence-corrected chi connectivity index (χ3v) is 3.83. The molecule has 1 heterocycles. The van der Waals surface area contributed by atoms with Gasteiger partial charge in [0.15, 0.2) is 0 Å². The summed E-state index contributed by atoms with van der Waals surface area (Å²) in [5, 5.41) is 7.90. The molecule has 0 spiro atoms. The number of para-hydroxylation sites is 2. The van der Waals surface area contributed by atoms with E-state index in [0.29, 0.717) is 11.3 Å². The molecule has 0 unspecified atom stereocenters. The lowest BCUT2D eigenvalue weighted by Crippen LogP contribution is -2.12. The van der Waals surface area contributed by atoms with Gasteiger partial charge < -0.3 is 15.4 Å². The first kappa shape index (κ1) is 15.1. The summed E-state index contributed by atoms with van der Waals surface area (Å²) in [7, 11) is 1.63. The van der Waals surface area contributed by atoms with Crippen molar-refractivity contribution in [3.8, 4) is 5.75 Å². The van der Waals surface area contributed by atoms with Crippen molar-refractivity contribution in [3.63, 3.8) is 0 Å². The Morgan fingerprint density at radius 1 is 1.09 bits per heavy atom. The van der Waals surface area contributed by atoms with E-state index in [1.165, 1.54) is 11.5 Å². The highest BCUT2D eigenvalue weighted by Crippen LogP contribution is 2.26. The molecule has 0 atom stereocenters. The zero-order valence-electron chi connectivity index (χ0n) is 12.4. The largest absolute Gasteiger partial charge is 0.497 e. The smallest absolute Gasteiger partial charge is 0.258 e. The van der Waals surface area contributed by atoms with E-state index < -0.39 is 0 Å². The van der Waals surface area contributed by atoms with Gasteiger partial charge in [-0.05, 0) is 47.9 Å². The average Bonchev–Trinajstić information content (AvgIpc) is 3.12. The van der Waals surface area contributed by atoms with E-state index in [-0.39, 0.29) is 5.91 Å². The van der Waals surface area contributed by atoms with Crippen molar-refractivity contribution in [1.29, 1.82) is 0 Å². The van der Waals surface area contributed by atoms with Gasteiger partial charge in [-0.25, -0.2) is 4.37 Å². The summed E-state index contributed by atoms with van der Waals surface area (Å²) in [6, 6.07) is 15.1. The topological polar surface area (TPSA) is 63.2 Å². The second-order valence-corrected chi connectivity index (χ2v) is 5.42. The molecule has 2 aromatic carbocycles. The molecule has 0 fully saturated rings. The fourth-order valence-corrected chi connectivity index (χ4v) is 2.56. The Balaban J connectivity index is 1.78. The van der Waals surface area contributed by atoms with Gasteiger partial charge in [-0.1, -0.05) is 12.1 Å². The molecular formula is C17H15N3O2S. The van der Waals surface area contributed by atoms with Crippen LogP contribution in [0, 0.1) is 0 Å². The summed E-state index contributed by atoms with van der Waals surface area (Å²) in [5.74, 6) is 0.616. The molecular weight excluding hydrogens is 310 g/mol. The van der Waals surface area contributed by atoms with Crippen LogP contribution in [-0.4, -0.2) is 17.4 Å². The van der Waals surface area contributed by atoms with Crippen molar-refractivity contribution in [1.82, 2.24) is 4.37 Å². The van der Waals surface area contributed by atoms with Crippen molar-refractivity contribution in [2.75, 3.05) is 17.7 Å². The number of methoxy groups -OCH3 is 1. The number of benzene rings is 2. The predicted octanol–water partition coefficient (Wildman–Crippen LogP) is 4.15. The van der Waals surface area contributed by atoms with Crippen molar-refractivity contribution in [3.05, 3.63) is 65.7 Å². The molecule has 0 saturated heterocycles. The maximum atomic E-state index is 12.2. The van der Waals surface area contributed by atoms with E-state index in [4.69, 9.17) is 4.74 Å². The fraction of sp³-hybridized carbons (Fsp3) is 0.0588. The highest BCUT2D eigenvalue weighted by molar-refractivity contribution is 7.03. The molecule has 23 heavy (non-hydrogen) atoms. The Bertz CT molecular complexity index is 786. The lowest BCUT2D eigenvalue weighted by Gasteiger charge is -2.13. The van der Waals surface area contributed by atoms with E-state index in [1.807, 2.05) is 48.5 Å². The first-order chi connectivity index (χ1) is 11.3. The molecule has 0 saturated carbocycles. The van der Waals surface area contributed by atoms with E-state index >= 15 is 0 Å². The van der Waals surface area contributed by atoms with Crippen molar-refractivity contribution in [2.24, 2.45) is 0 Å². The highest BCUT2D eigenvalue weighted by atomic mass is 32.1. The van der Waals surface area contributed by atoms with Crippen LogP contribution >= 0.6 is 11.5 Å². The number of nitrogens with one attached hydrogen (secondary N) is 2. The summed E-state index contributed by atoms with van der Waals surface area (Å²) in [6.45, 7) is 0. The van der Waals surface area contributed by atoms with Crippen LogP contribution in [0.1, 0.15) is 10.4 Å². The average molecular weight is 325 g/mol. The van der Waals surface area contributed by atoms with Gasteiger partial charge in [-0.3, -0.25) is 4.79 Å². The number of hydrogen-bond donors (Lipinski definition) is 2. The summed E-state index contributed by atoms with van der Waals surface area (Å²) in [4.78, 5) is 12.2. The van der Waals surface area contributed by atoms with Gasteiger partial charge in [-0.15, -0.1) is 0 Å². The Hall–Kier alpha value is -2.86. The molecule has 1 amide bonds. The number of carbonyl (C=O) groups excluding carboxylic acids is 1. The van der Waals surface area contributed by atoms with Gasteiger partial charge in [-0.2, -0.15) is 0 Å². The molecule has 0 aliphatic rings. The molecule has 2 N–H and O–H groups in total. The first-order valence-electron chi connectivity index (χ1n) is 6.97. The lowest BCUT2D eigenvalue weighted by molar-refractivity contribution is 0.102. The minimum Gasteiger partial charge on any atom is -0.497 e.